The van der Waals surface area contributed by atoms with Crippen LogP contribution in [0.15, 0.2) is 17.0 Å². The van der Waals surface area contributed by atoms with E-state index in [0.717, 1.165) is 0 Å². The molecular weight excluding hydrogens is 152 g/mol. The highest BCUT2D eigenvalue weighted by Crippen LogP contribution is 2.17. The van der Waals surface area contributed by atoms with Crippen LogP contribution in [0, 0.1) is 20.8 Å². The summed E-state index contributed by atoms with van der Waals surface area (Å²) in [5.41, 5.74) is 4.21. The first-order valence-electron chi connectivity index (χ1n) is 3.83. The molecule has 0 fully saturated rings. The third-order valence-corrected chi connectivity index (χ3v) is 3.01. The van der Waals surface area contributed by atoms with Crippen molar-refractivity contribution in [2.75, 3.05) is 6.26 Å². The maximum absolute atomic E-state index is 2.25. The fourth-order valence-corrected chi connectivity index (χ4v) is 2.36. The monoisotopic (exact) mass is 167 g/mol. The molecule has 0 unspecified atom stereocenters. The quantitative estimate of drug-likeness (QED) is 0.445. The Morgan fingerprint density at radius 1 is 1.00 bits per heavy atom. The maximum atomic E-state index is 2.25. The van der Waals surface area contributed by atoms with Crippen molar-refractivity contribution in [3.8, 4) is 0 Å². The van der Waals surface area contributed by atoms with E-state index in [9.17, 15) is 0 Å². The summed E-state index contributed by atoms with van der Waals surface area (Å²) in [7, 11) is 0. The van der Waals surface area contributed by atoms with E-state index >= 15 is 0 Å². The molecule has 0 saturated carbocycles. The Labute approximate surface area is 73.0 Å². The summed E-state index contributed by atoms with van der Waals surface area (Å²) in [5, 5.41) is 0. The van der Waals surface area contributed by atoms with Crippen molar-refractivity contribution in [1.29, 1.82) is 0 Å². The summed E-state index contributed by atoms with van der Waals surface area (Å²) < 4.78 is 0. The number of hydrogen-bond donors (Lipinski definition) is 0. The molecule has 60 valence electrons. The Morgan fingerprint density at radius 2 is 1.45 bits per heavy atom. The topological polar surface area (TPSA) is 0 Å². The van der Waals surface area contributed by atoms with Crippen LogP contribution in [0.5, 0.6) is 0 Å². The lowest BCUT2D eigenvalue weighted by Crippen LogP contribution is -1.91. The lowest BCUT2D eigenvalue weighted by Gasteiger charge is -2.01. The van der Waals surface area contributed by atoms with E-state index < -0.39 is 0 Å². The molecule has 0 N–H and O–H groups in total. The first kappa shape index (κ1) is 8.66. The van der Waals surface area contributed by atoms with Crippen molar-refractivity contribution in [2.45, 2.75) is 25.7 Å². The van der Waals surface area contributed by atoms with Crippen LogP contribution in [0.1, 0.15) is 16.7 Å². The Bertz CT molecular complexity index is 241. The summed E-state index contributed by atoms with van der Waals surface area (Å²) in [4.78, 5) is 1.48. The van der Waals surface area contributed by atoms with Crippen LogP contribution in [-0.2, 0) is 11.8 Å². The van der Waals surface area contributed by atoms with Crippen molar-refractivity contribution in [3.63, 3.8) is 0 Å². The zero-order chi connectivity index (χ0) is 8.43. The molecule has 0 bridgehead atoms. The third-order valence-electron chi connectivity index (χ3n) is 1.86. The summed E-state index contributed by atoms with van der Waals surface area (Å²) in [6, 6.07) is 4.50. The number of hydrogen-bond acceptors (Lipinski definition) is 0. The fourth-order valence-electron chi connectivity index (χ4n) is 1.53. The van der Waals surface area contributed by atoms with E-state index in [1.807, 2.05) is 0 Å². The van der Waals surface area contributed by atoms with Crippen LogP contribution in [0.2, 0.25) is 0 Å². The van der Waals surface area contributed by atoms with Gasteiger partial charge in [-0.25, -0.2) is 0 Å². The van der Waals surface area contributed by atoms with Gasteiger partial charge in [0.15, 0.2) is 4.90 Å². The molecule has 0 heterocycles. The van der Waals surface area contributed by atoms with Crippen molar-refractivity contribution in [1.82, 2.24) is 0 Å². The van der Waals surface area contributed by atoms with E-state index in [4.69, 9.17) is 0 Å². The molecular formula is C10H15S+. The smallest absolute Gasteiger partial charge is 0.0514 e. The minimum atomic E-state index is 1.37. The van der Waals surface area contributed by atoms with Crippen LogP contribution in [-0.4, -0.2) is 6.26 Å². The first-order valence-corrected chi connectivity index (χ1v) is 5.17. The minimum Gasteiger partial charge on any atom is -0.0514 e. The normalized spacial score (nSPS) is 10.2. The molecule has 0 nitrogen and oxygen atoms in total. The molecule has 0 aliphatic heterocycles. The zero-order valence-electron chi connectivity index (χ0n) is 7.60. The molecule has 0 radical (unpaired) electrons. The highest BCUT2D eigenvalue weighted by molar-refractivity contribution is 7.77. The summed E-state index contributed by atoms with van der Waals surface area (Å²) in [6.07, 6.45) is 2.19. The van der Waals surface area contributed by atoms with Gasteiger partial charge in [-0.05, 0) is 20.8 Å². The SMILES string of the molecule is C[SH+]c1c(C)cc(C)cc1C. The predicted octanol–water partition coefficient (Wildman–Crippen LogP) is 2.42. The van der Waals surface area contributed by atoms with E-state index in [2.05, 4.69) is 39.2 Å². The van der Waals surface area contributed by atoms with Crippen molar-refractivity contribution in [3.05, 3.63) is 28.8 Å². The molecule has 11 heavy (non-hydrogen) atoms. The standard InChI is InChI=1S/C10H14S/c1-7-5-8(2)10(11-4)9(3)6-7/h5-6H,1-4H3/p+1. The molecule has 0 amide bonds. The molecule has 1 aromatic carbocycles. The molecule has 1 heteroatoms. The number of rotatable bonds is 1. The van der Waals surface area contributed by atoms with E-state index in [0.29, 0.717) is 0 Å². The minimum absolute atomic E-state index is 1.37. The first-order chi connectivity index (χ1) is 5.15. The molecule has 1 aromatic rings. The number of thiol groups is 1. The lowest BCUT2D eigenvalue weighted by molar-refractivity contribution is 1.19. The molecule has 1 rings (SSSR count). The number of benzene rings is 1. The van der Waals surface area contributed by atoms with Crippen LogP contribution in [0.4, 0.5) is 0 Å². The lowest BCUT2D eigenvalue weighted by atomic mass is 10.1. The summed E-state index contributed by atoms with van der Waals surface area (Å²) in [5.74, 6) is 0. The van der Waals surface area contributed by atoms with Gasteiger partial charge < -0.3 is 0 Å². The molecule has 0 aromatic heterocycles. The highest BCUT2D eigenvalue weighted by atomic mass is 32.2. The van der Waals surface area contributed by atoms with Crippen LogP contribution >= 0.6 is 0 Å². The fraction of sp³-hybridized carbons (Fsp3) is 0.400. The average Bonchev–Trinajstić information content (AvgIpc) is 1.85. The second-order valence-corrected chi connectivity index (χ2v) is 3.87. The Balaban J connectivity index is 3.25. The van der Waals surface area contributed by atoms with Gasteiger partial charge >= 0.3 is 0 Å². The highest BCUT2D eigenvalue weighted by Gasteiger charge is 2.07. The second kappa shape index (κ2) is 3.31. The largest absolute Gasteiger partial charge is 0.158 e. The molecule has 0 aliphatic rings. The number of aryl methyl sites for hydroxylation is 3. The molecule has 0 spiro atoms. The predicted molar refractivity (Wildman–Crippen MR) is 53.6 cm³/mol. The van der Waals surface area contributed by atoms with Gasteiger partial charge in [0.05, 0.1) is 0 Å². The second-order valence-electron chi connectivity index (χ2n) is 2.97. The van der Waals surface area contributed by atoms with E-state index in [-0.39, 0.29) is 0 Å². The van der Waals surface area contributed by atoms with E-state index in [1.54, 1.807) is 0 Å². The Hall–Kier alpha value is -0.430. The van der Waals surface area contributed by atoms with Gasteiger partial charge in [0.2, 0.25) is 0 Å². The van der Waals surface area contributed by atoms with Crippen LogP contribution < -0.4 is 0 Å². The van der Waals surface area contributed by atoms with Gasteiger partial charge in [-0.15, -0.1) is 0 Å². The molecule has 0 aliphatic carbocycles. The molecule has 0 saturated heterocycles. The zero-order valence-corrected chi connectivity index (χ0v) is 8.50. The average molecular weight is 167 g/mol. The van der Waals surface area contributed by atoms with Gasteiger partial charge in [-0.2, -0.15) is 0 Å². The van der Waals surface area contributed by atoms with Gasteiger partial charge in [-0.1, -0.05) is 17.7 Å². The van der Waals surface area contributed by atoms with Gasteiger partial charge in [0.25, 0.3) is 0 Å². The Morgan fingerprint density at radius 3 is 1.82 bits per heavy atom. The molecule has 0 atom stereocenters. The van der Waals surface area contributed by atoms with Gasteiger partial charge in [-0.3, -0.25) is 0 Å². The maximum Gasteiger partial charge on any atom is 0.158 e. The van der Waals surface area contributed by atoms with E-state index in [1.165, 1.54) is 33.3 Å². The van der Waals surface area contributed by atoms with Crippen molar-refractivity contribution in [2.24, 2.45) is 0 Å². The Kier molecular flexibility index (Phi) is 2.61. The van der Waals surface area contributed by atoms with Gasteiger partial charge in [0.1, 0.15) is 6.26 Å². The van der Waals surface area contributed by atoms with Gasteiger partial charge in [0, 0.05) is 22.9 Å². The third kappa shape index (κ3) is 1.78. The van der Waals surface area contributed by atoms with Crippen LogP contribution in [0.25, 0.3) is 0 Å². The van der Waals surface area contributed by atoms with Crippen molar-refractivity contribution < 1.29 is 0 Å². The summed E-state index contributed by atoms with van der Waals surface area (Å²) >= 11 is 1.38. The van der Waals surface area contributed by atoms with Crippen molar-refractivity contribution >= 4 is 11.8 Å². The van der Waals surface area contributed by atoms with Crippen LogP contribution in [0.3, 0.4) is 0 Å². The summed E-state index contributed by atoms with van der Waals surface area (Å²) in [6.45, 7) is 6.52.